The molecule has 2 amide bonds. The van der Waals surface area contributed by atoms with Gasteiger partial charge in [0.1, 0.15) is 0 Å². The minimum atomic E-state index is -5.03. The van der Waals surface area contributed by atoms with E-state index < -0.39 is 52.7 Å². The van der Waals surface area contributed by atoms with E-state index in [4.69, 9.17) is 0 Å². The van der Waals surface area contributed by atoms with Crippen LogP contribution in [0.3, 0.4) is 0 Å². The summed E-state index contributed by atoms with van der Waals surface area (Å²) in [6.07, 6.45) is -10.1. The number of alkyl halides is 6. The first-order chi connectivity index (χ1) is 12.8. The molecule has 2 rings (SSSR count). The van der Waals surface area contributed by atoms with E-state index >= 15 is 0 Å². The number of amides is 2. The van der Waals surface area contributed by atoms with Crippen LogP contribution in [0.2, 0.25) is 0 Å². The molecule has 8 nitrogen and oxygen atoms in total. The molecular weight excluding hydrogens is 398 g/mol. The lowest BCUT2D eigenvalue weighted by Gasteiger charge is -2.13. The Balaban J connectivity index is 2.38. The lowest BCUT2D eigenvalue weighted by atomic mass is 10.0. The van der Waals surface area contributed by atoms with E-state index in [1.165, 1.54) is 6.92 Å². The second-order valence-corrected chi connectivity index (χ2v) is 5.57. The molecule has 0 bridgehead atoms. The van der Waals surface area contributed by atoms with E-state index in [-0.39, 0.29) is 6.07 Å². The monoisotopic (exact) mass is 410 g/mol. The number of aromatic nitrogens is 4. The molecule has 1 aromatic carbocycles. The zero-order chi connectivity index (χ0) is 21.3. The number of halogens is 6. The number of hydrogen-bond acceptors (Lipinski definition) is 5. The SMILES string of the molecule is CC(=O)NNC(=O)[C@H](C)n1nnc(-c2cc(C(F)(F)F)cc(C(F)(F)F)c2)n1. The molecule has 1 aromatic heterocycles. The normalized spacial score (nSPS) is 13.1. The second-order valence-electron chi connectivity index (χ2n) is 5.57. The van der Waals surface area contributed by atoms with Gasteiger partial charge in [-0.2, -0.15) is 31.1 Å². The summed E-state index contributed by atoms with van der Waals surface area (Å²) in [5.41, 5.74) is 0.373. The average Bonchev–Trinajstić information content (AvgIpc) is 3.07. The van der Waals surface area contributed by atoms with E-state index in [1.54, 1.807) is 0 Å². The lowest BCUT2D eigenvalue weighted by molar-refractivity contribution is -0.143. The van der Waals surface area contributed by atoms with Gasteiger partial charge in [-0.05, 0) is 30.3 Å². The Labute approximate surface area is 152 Å². The average molecular weight is 410 g/mol. The van der Waals surface area contributed by atoms with E-state index in [0.717, 1.165) is 6.92 Å². The van der Waals surface area contributed by atoms with Crippen molar-refractivity contribution >= 4 is 11.8 Å². The summed E-state index contributed by atoms with van der Waals surface area (Å²) in [4.78, 5) is 23.3. The molecule has 0 aliphatic rings. The summed E-state index contributed by atoms with van der Waals surface area (Å²) in [6, 6.07) is -0.310. The van der Waals surface area contributed by atoms with E-state index in [1.807, 2.05) is 10.9 Å². The molecule has 2 N–H and O–H groups in total. The van der Waals surface area contributed by atoms with Crippen LogP contribution in [0.25, 0.3) is 11.4 Å². The van der Waals surface area contributed by atoms with E-state index in [9.17, 15) is 35.9 Å². The number of nitrogens with zero attached hydrogens (tertiary/aromatic N) is 4. The first-order valence-electron chi connectivity index (χ1n) is 7.45. The Hall–Kier alpha value is -3.19. The van der Waals surface area contributed by atoms with Gasteiger partial charge < -0.3 is 0 Å². The fraction of sp³-hybridized carbons (Fsp3) is 0.357. The fourth-order valence-corrected chi connectivity index (χ4v) is 1.95. The predicted octanol–water partition coefficient (Wildman–Crippen LogP) is 2.11. The zero-order valence-electron chi connectivity index (χ0n) is 14.2. The van der Waals surface area contributed by atoms with Crippen LogP contribution < -0.4 is 10.9 Å². The lowest BCUT2D eigenvalue weighted by Crippen LogP contribution is -2.43. The molecule has 1 atom stereocenters. The van der Waals surface area contributed by atoms with Crippen LogP contribution in [0, 0.1) is 0 Å². The summed E-state index contributed by atoms with van der Waals surface area (Å²) < 4.78 is 77.5. The molecule has 28 heavy (non-hydrogen) atoms. The third kappa shape index (κ3) is 4.95. The summed E-state index contributed by atoms with van der Waals surface area (Å²) in [5.74, 6) is -1.91. The molecule has 0 saturated carbocycles. The first kappa shape index (κ1) is 21.1. The van der Waals surface area contributed by atoms with Crippen molar-refractivity contribution in [3.05, 3.63) is 29.3 Å². The van der Waals surface area contributed by atoms with Gasteiger partial charge in [0.2, 0.25) is 11.7 Å². The van der Waals surface area contributed by atoms with Crippen LogP contribution in [-0.2, 0) is 21.9 Å². The van der Waals surface area contributed by atoms with E-state index in [2.05, 4.69) is 15.4 Å². The van der Waals surface area contributed by atoms with Crippen LogP contribution in [0.4, 0.5) is 26.3 Å². The maximum atomic E-state index is 12.9. The maximum absolute atomic E-state index is 12.9. The quantitative estimate of drug-likeness (QED) is 0.596. The number of carbonyl (C=O) groups excluding carboxylic acids is 2. The number of nitrogens with one attached hydrogen (secondary N) is 2. The largest absolute Gasteiger partial charge is 0.416 e. The van der Waals surface area contributed by atoms with Gasteiger partial charge in [-0.1, -0.05) is 0 Å². The van der Waals surface area contributed by atoms with Crippen LogP contribution in [0.15, 0.2) is 18.2 Å². The number of hydrazine groups is 1. The zero-order valence-corrected chi connectivity index (χ0v) is 14.2. The van der Waals surface area contributed by atoms with Crippen LogP contribution >= 0.6 is 0 Å². The molecule has 0 saturated heterocycles. The van der Waals surface area contributed by atoms with Gasteiger partial charge >= 0.3 is 12.4 Å². The van der Waals surface area contributed by atoms with Crippen molar-refractivity contribution in [2.45, 2.75) is 32.2 Å². The maximum Gasteiger partial charge on any atom is 0.416 e. The van der Waals surface area contributed by atoms with Crippen molar-refractivity contribution < 1.29 is 35.9 Å². The number of tetrazole rings is 1. The van der Waals surface area contributed by atoms with Gasteiger partial charge in [-0.3, -0.25) is 20.4 Å². The minimum Gasteiger partial charge on any atom is -0.274 e. The van der Waals surface area contributed by atoms with Gasteiger partial charge in [-0.15, -0.1) is 10.2 Å². The molecule has 0 fully saturated rings. The summed E-state index contributed by atoms with van der Waals surface area (Å²) in [5, 5.41) is 10.5. The van der Waals surface area contributed by atoms with Gasteiger partial charge in [-0.25, -0.2) is 0 Å². The van der Waals surface area contributed by atoms with Crippen molar-refractivity contribution in [2.75, 3.05) is 0 Å². The second kappa shape index (κ2) is 7.44. The van der Waals surface area contributed by atoms with Gasteiger partial charge in [0.05, 0.1) is 11.1 Å². The van der Waals surface area contributed by atoms with Gasteiger partial charge in [0.15, 0.2) is 6.04 Å². The van der Waals surface area contributed by atoms with Gasteiger partial charge in [0.25, 0.3) is 5.91 Å². The number of carbonyl (C=O) groups is 2. The highest BCUT2D eigenvalue weighted by Crippen LogP contribution is 2.37. The highest BCUT2D eigenvalue weighted by Gasteiger charge is 2.37. The molecule has 0 radical (unpaired) electrons. The Kier molecular flexibility index (Phi) is 5.61. The van der Waals surface area contributed by atoms with Gasteiger partial charge in [0, 0.05) is 12.5 Å². The molecular formula is C14H12F6N6O2. The molecule has 14 heteroatoms. The topological polar surface area (TPSA) is 102 Å². The van der Waals surface area contributed by atoms with Crippen molar-refractivity contribution in [2.24, 2.45) is 0 Å². The summed E-state index contributed by atoms with van der Waals surface area (Å²) in [6.45, 7) is 2.40. The Bertz CT molecular complexity index is 859. The van der Waals surface area contributed by atoms with Crippen molar-refractivity contribution in [3.8, 4) is 11.4 Å². The van der Waals surface area contributed by atoms with E-state index in [0.29, 0.717) is 16.9 Å². The summed E-state index contributed by atoms with van der Waals surface area (Å²) >= 11 is 0. The van der Waals surface area contributed by atoms with Crippen molar-refractivity contribution in [1.82, 2.24) is 31.1 Å². The predicted molar refractivity (Wildman–Crippen MR) is 79.9 cm³/mol. The third-order valence-electron chi connectivity index (χ3n) is 3.36. The molecule has 0 spiro atoms. The summed E-state index contributed by atoms with van der Waals surface area (Å²) in [7, 11) is 0. The van der Waals surface area contributed by atoms with Crippen molar-refractivity contribution in [3.63, 3.8) is 0 Å². The number of hydrogen-bond donors (Lipinski definition) is 2. The Morgan fingerprint density at radius 3 is 2.00 bits per heavy atom. The standard InChI is InChI=1S/C14H12F6N6O2/c1-6(12(28)23-21-7(2)27)26-24-11(22-25-26)8-3-9(13(15,16)17)5-10(4-8)14(18,19)20/h3-6H,1-2H3,(H,21,27)(H,23,28)/t6-/m0/s1. The molecule has 152 valence electrons. The highest BCUT2D eigenvalue weighted by atomic mass is 19.4. The smallest absolute Gasteiger partial charge is 0.274 e. The van der Waals surface area contributed by atoms with Crippen LogP contribution in [0.5, 0.6) is 0 Å². The minimum absolute atomic E-state index is 0.0303. The fourth-order valence-electron chi connectivity index (χ4n) is 1.95. The molecule has 0 unspecified atom stereocenters. The van der Waals surface area contributed by atoms with Crippen LogP contribution in [0.1, 0.15) is 31.0 Å². The molecule has 0 aliphatic carbocycles. The third-order valence-corrected chi connectivity index (χ3v) is 3.36. The van der Waals surface area contributed by atoms with Crippen molar-refractivity contribution in [1.29, 1.82) is 0 Å². The first-order valence-corrected chi connectivity index (χ1v) is 7.45. The number of benzene rings is 1. The molecule has 2 aromatic rings. The molecule has 0 aliphatic heterocycles. The number of rotatable bonds is 3. The highest BCUT2D eigenvalue weighted by molar-refractivity contribution is 5.83. The Morgan fingerprint density at radius 1 is 1.00 bits per heavy atom. The Morgan fingerprint density at radius 2 is 1.54 bits per heavy atom. The molecule has 1 heterocycles. The van der Waals surface area contributed by atoms with Crippen LogP contribution in [-0.4, -0.2) is 32.0 Å².